The summed E-state index contributed by atoms with van der Waals surface area (Å²) in [5.74, 6) is -0.0264. The van der Waals surface area contributed by atoms with Crippen LogP contribution in [0.1, 0.15) is 62.4 Å². The molecule has 26 heavy (non-hydrogen) atoms. The SMILES string of the molecule is CCCC[C@@H]1C(=O)N(C)CCN1C(=O)c1ccc(CCC(C)(C)O)cc1. The normalized spacial score (nSPS) is 18.3. The van der Waals surface area contributed by atoms with Crippen molar-refractivity contribution in [2.75, 3.05) is 20.1 Å². The molecule has 0 aromatic heterocycles. The zero-order valence-electron chi connectivity index (χ0n) is 16.5. The first kappa shape index (κ1) is 20.4. The van der Waals surface area contributed by atoms with E-state index in [0.717, 1.165) is 31.2 Å². The number of benzene rings is 1. The molecule has 1 heterocycles. The Morgan fingerprint density at radius 2 is 1.88 bits per heavy atom. The van der Waals surface area contributed by atoms with Gasteiger partial charge in [0.25, 0.3) is 5.91 Å². The molecule has 5 nitrogen and oxygen atoms in total. The van der Waals surface area contributed by atoms with Crippen LogP contribution in [0.15, 0.2) is 24.3 Å². The summed E-state index contributed by atoms with van der Waals surface area (Å²) >= 11 is 0. The van der Waals surface area contributed by atoms with Crippen molar-refractivity contribution in [3.8, 4) is 0 Å². The molecule has 1 N–H and O–H groups in total. The highest BCUT2D eigenvalue weighted by atomic mass is 16.3. The Labute approximate surface area is 157 Å². The monoisotopic (exact) mass is 360 g/mol. The molecule has 1 aliphatic heterocycles. The van der Waals surface area contributed by atoms with Crippen LogP contribution in [0.2, 0.25) is 0 Å². The molecule has 144 valence electrons. The maximum absolute atomic E-state index is 13.0. The van der Waals surface area contributed by atoms with E-state index < -0.39 is 5.60 Å². The number of nitrogens with zero attached hydrogens (tertiary/aromatic N) is 2. The molecule has 0 saturated carbocycles. The van der Waals surface area contributed by atoms with Gasteiger partial charge in [-0.3, -0.25) is 9.59 Å². The number of aliphatic hydroxyl groups is 1. The van der Waals surface area contributed by atoms with Crippen LogP contribution in [-0.2, 0) is 11.2 Å². The summed E-state index contributed by atoms with van der Waals surface area (Å²) in [4.78, 5) is 29.0. The molecule has 5 heteroatoms. The molecule has 1 atom stereocenters. The highest BCUT2D eigenvalue weighted by Crippen LogP contribution is 2.20. The van der Waals surface area contributed by atoms with E-state index in [1.54, 1.807) is 30.7 Å². The van der Waals surface area contributed by atoms with Crippen molar-refractivity contribution >= 4 is 11.8 Å². The second kappa shape index (κ2) is 8.67. The molecular formula is C21H32N2O3. The van der Waals surface area contributed by atoms with E-state index >= 15 is 0 Å². The Morgan fingerprint density at radius 3 is 2.46 bits per heavy atom. The minimum Gasteiger partial charge on any atom is -0.390 e. The van der Waals surface area contributed by atoms with Gasteiger partial charge in [-0.15, -0.1) is 0 Å². The van der Waals surface area contributed by atoms with Crippen LogP contribution in [0.25, 0.3) is 0 Å². The number of aryl methyl sites for hydroxylation is 1. The first-order valence-electron chi connectivity index (χ1n) is 9.60. The second-order valence-corrected chi connectivity index (χ2v) is 7.93. The van der Waals surface area contributed by atoms with E-state index in [4.69, 9.17) is 0 Å². The van der Waals surface area contributed by atoms with Crippen molar-refractivity contribution in [3.63, 3.8) is 0 Å². The lowest BCUT2D eigenvalue weighted by Gasteiger charge is -2.39. The van der Waals surface area contributed by atoms with E-state index in [2.05, 4.69) is 6.92 Å². The van der Waals surface area contributed by atoms with Gasteiger partial charge < -0.3 is 14.9 Å². The van der Waals surface area contributed by atoms with Crippen molar-refractivity contribution in [1.29, 1.82) is 0 Å². The number of hydrogen-bond acceptors (Lipinski definition) is 3. The molecule has 1 aliphatic rings. The summed E-state index contributed by atoms with van der Waals surface area (Å²) < 4.78 is 0. The fraction of sp³-hybridized carbons (Fsp3) is 0.619. The molecule has 0 spiro atoms. The molecule has 2 amide bonds. The molecule has 0 aliphatic carbocycles. The summed E-state index contributed by atoms with van der Waals surface area (Å²) in [6.07, 6.45) is 4.10. The number of unbranched alkanes of at least 4 members (excludes halogenated alkanes) is 1. The zero-order chi connectivity index (χ0) is 19.3. The smallest absolute Gasteiger partial charge is 0.254 e. The summed E-state index contributed by atoms with van der Waals surface area (Å²) in [5, 5.41) is 9.84. The standard InChI is InChI=1S/C21H32N2O3/c1-5-6-7-18-20(25)22(4)14-15-23(18)19(24)17-10-8-16(9-11-17)12-13-21(2,3)26/h8-11,18,26H,5-7,12-15H2,1-4H3/t18-/m1/s1. The van der Waals surface area contributed by atoms with Crippen LogP contribution in [0.3, 0.4) is 0 Å². The van der Waals surface area contributed by atoms with E-state index in [9.17, 15) is 14.7 Å². The largest absolute Gasteiger partial charge is 0.390 e. The minimum absolute atomic E-state index is 0.0415. The average molecular weight is 360 g/mol. The molecule has 2 rings (SSSR count). The molecule has 0 bridgehead atoms. The molecule has 0 radical (unpaired) electrons. The van der Waals surface area contributed by atoms with Gasteiger partial charge in [-0.1, -0.05) is 31.9 Å². The minimum atomic E-state index is -0.693. The Kier molecular flexibility index (Phi) is 6.81. The maximum atomic E-state index is 13.0. The lowest BCUT2D eigenvalue weighted by Crippen LogP contribution is -2.57. The van der Waals surface area contributed by atoms with Crippen LogP contribution in [0, 0.1) is 0 Å². The average Bonchev–Trinajstić information content (AvgIpc) is 2.60. The van der Waals surface area contributed by atoms with Crippen LogP contribution < -0.4 is 0 Å². The lowest BCUT2D eigenvalue weighted by molar-refractivity contribution is -0.138. The second-order valence-electron chi connectivity index (χ2n) is 7.93. The lowest BCUT2D eigenvalue weighted by atomic mass is 9.98. The zero-order valence-corrected chi connectivity index (χ0v) is 16.5. The fourth-order valence-electron chi connectivity index (χ4n) is 3.26. The predicted molar refractivity (Wildman–Crippen MR) is 103 cm³/mol. The summed E-state index contributed by atoms with van der Waals surface area (Å²) in [7, 11) is 1.81. The quantitative estimate of drug-likeness (QED) is 0.813. The van der Waals surface area contributed by atoms with Gasteiger partial charge in [-0.05, 0) is 50.8 Å². The third-order valence-electron chi connectivity index (χ3n) is 5.03. The highest BCUT2D eigenvalue weighted by molar-refractivity contribution is 5.98. The van der Waals surface area contributed by atoms with Crippen LogP contribution in [0.4, 0.5) is 0 Å². The van der Waals surface area contributed by atoms with Gasteiger partial charge in [0, 0.05) is 25.7 Å². The topological polar surface area (TPSA) is 60.9 Å². The van der Waals surface area contributed by atoms with Crippen molar-refractivity contribution in [1.82, 2.24) is 9.80 Å². The number of carbonyl (C=O) groups excluding carboxylic acids is 2. The van der Waals surface area contributed by atoms with Gasteiger partial charge in [-0.25, -0.2) is 0 Å². The number of amides is 2. The summed E-state index contributed by atoms with van der Waals surface area (Å²) in [6.45, 7) is 6.85. The molecule has 1 aromatic carbocycles. The molecular weight excluding hydrogens is 328 g/mol. The molecule has 0 unspecified atom stereocenters. The summed E-state index contributed by atoms with van der Waals surface area (Å²) in [6, 6.07) is 7.20. The van der Waals surface area contributed by atoms with Crippen molar-refractivity contribution < 1.29 is 14.7 Å². The first-order chi connectivity index (χ1) is 12.2. The van der Waals surface area contributed by atoms with Gasteiger partial charge in [0.15, 0.2) is 0 Å². The van der Waals surface area contributed by atoms with Gasteiger partial charge in [-0.2, -0.15) is 0 Å². The van der Waals surface area contributed by atoms with Gasteiger partial charge in [0.2, 0.25) is 5.91 Å². The van der Waals surface area contributed by atoms with Gasteiger partial charge >= 0.3 is 0 Å². The van der Waals surface area contributed by atoms with Crippen molar-refractivity contribution in [2.45, 2.75) is 64.5 Å². The maximum Gasteiger partial charge on any atom is 0.254 e. The highest BCUT2D eigenvalue weighted by Gasteiger charge is 2.35. The summed E-state index contributed by atoms with van der Waals surface area (Å²) in [5.41, 5.74) is 1.03. The number of piperazine rings is 1. The Balaban J connectivity index is 2.09. The van der Waals surface area contributed by atoms with Crippen LogP contribution in [0.5, 0.6) is 0 Å². The number of rotatable bonds is 7. The number of likely N-dealkylation sites (N-methyl/N-ethyl adjacent to an activating group) is 1. The van der Waals surface area contributed by atoms with Gasteiger partial charge in [0.1, 0.15) is 6.04 Å². The Hall–Kier alpha value is -1.88. The van der Waals surface area contributed by atoms with E-state index in [1.165, 1.54) is 0 Å². The van der Waals surface area contributed by atoms with Crippen LogP contribution in [-0.4, -0.2) is 58.5 Å². The Morgan fingerprint density at radius 1 is 1.23 bits per heavy atom. The van der Waals surface area contributed by atoms with Crippen molar-refractivity contribution in [3.05, 3.63) is 35.4 Å². The predicted octanol–water partition coefficient (Wildman–Crippen LogP) is 2.86. The van der Waals surface area contributed by atoms with Crippen LogP contribution >= 0.6 is 0 Å². The Bertz CT molecular complexity index is 619. The van der Waals surface area contributed by atoms with Gasteiger partial charge in [0.05, 0.1) is 5.60 Å². The third kappa shape index (κ3) is 5.31. The number of carbonyl (C=O) groups is 2. The first-order valence-corrected chi connectivity index (χ1v) is 9.60. The third-order valence-corrected chi connectivity index (χ3v) is 5.03. The van der Waals surface area contributed by atoms with Crippen molar-refractivity contribution in [2.24, 2.45) is 0 Å². The molecule has 1 saturated heterocycles. The molecule has 1 aromatic rings. The van der Waals surface area contributed by atoms with E-state index in [0.29, 0.717) is 25.1 Å². The fourth-order valence-corrected chi connectivity index (χ4v) is 3.26. The van der Waals surface area contributed by atoms with E-state index in [-0.39, 0.29) is 17.9 Å². The molecule has 1 fully saturated rings. The van der Waals surface area contributed by atoms with E-state index in [1.807, 2.05) is 24.3 Å². The number of hydrogen-bond donors (Lipinski definition) is 1.